The van der Waals surface area contributed by atoms with Crippen molar-refractivity contribution in [1.29, 1.82) is 5.26 Å². The smallest absolute Gasteiger partial charge is 0.306 e. The van der Waals surface area contributed by atoms with Gasteiger partial charge in [-0.25, -0.2) is 9.37 Å². The number of esters is 1. The SMILES string of the molecule is CCn1c(N2CCC(CC(=O)OC(C)(C)C)CC2)nc(-c2ccc(C#N)c(F)c2)c(C#CC2CCCC2)c1=O. The summed E-state index contributed by atoms with van der Waals surface area (Å²) < 4.78 is 21.8. The van der Waals surface area contributed by atoms with E-state index in [1.54, 1.807) is 10.6 Å². The number of anilines is 1. The lowest BCUT2D eigenvalue weighted by molar-refractivity contribution is -0.156. The fraction of sp³-hybridized carbons (Fsp3) is 0.548. The maximum atomic E-state index is 14.6. The van der Waals surface area contributed by atoms with E-state index in [0.29, 0.717) is 43.3 Å². The quantitative estimate of drug-likeness (QED) is 0.377. The van der Waals surface area contributed by atoms with Crippen molar-refractivity contribution in [3.63, 3.8) is 0 Å². The second kappa shape index (κ2) is 12.0. The highest BCUT2D eigenvalue weighted by molar-refractivity contribution is 5.70. The molecule has 0 bridgehead atoms. The average Bonchev–Trinajstić information content (AvgIpc) is 3.40. The summed E-state index contributed by atoms with van der Waals surface area (Å²) in [4.78, 5) is 33.1. The monoisotopic (exact) mass is 532 g/mol. The lowest BCUT2D eigenvalue weighted by Crippen LogP contribution is -2.40. The number of carbonyl (C=O) groups is 1. The van der Waals surface area contributed by atoms with Gasteiger partial charge in [0.1, 0.15) is 23.1 Å². The number of rotatable bonds is 5. The fourth-order valence-electron chi connectivity index (χ4n) is 5.34. The van der Waals surface area contributed by atoms with Crippen LogP contribution in [0.3, 0.4) is 0 Å². The standard InChI is InChI=1S/C31H37FN4O3/c1-5-36-29(38)25(13-10-21-8-6-7-9-21)28(23-11-12-24(20-33)26(32)19-23)34-30(36)35-16-14-22(15-17-35)18-27(37)39-31(2,3)4/h11-12,19,21-22H,5-9,14-18H2,1-4H3. The van der Waals surface area contributed by atoms with Crippen LogP contribution >= 0.6 is 0 Å². The summed E-state index contributed by atoms with van der Waals surface area (Å²) in [5, 5.41) is 9.18. The summed E-state index contributed by atoms with van der Waals surface area (Å²) >= 11 is 0. The van der Waals surface area contributed by atoms with Crippen molar-refractivity contribution in [1.82, 2.24) is 9.55 Å². The maximum Gasteiger partial charge on any atom is 0.306 e. The molecule has 1 aromatic heterocycles. The molecule has 0 amide bonds. The summed E-state index contributed by atoms with van der Waals surface area (Å²) in [6.45, 7) is 9.17. The van der Waals surface area contributed by atoms with Crippen LogP contribution in [0, 0.1) is 40.8 Å². The Morgan fingerprint density at radius 3 is 2.46 bits per heavy atom. The predicted octanol–water partition coefficient (Wildman–Crippen LogP) is 5.43. The van der Waals surface area contributed by atoms with Crippen molar-refractivity contribution in [2.75, 3.05) is 18.0 Å². The summed E-state index contributed by atoms with van der Waals surface area (Å²) in [6, 6.07) is 6.13. The first kappa shape index (κ1) is 28.4. The van der Waals surface area contributed by atoms with Crippen LogP contribution in [0.25, 0.3) is 11.3 Å². The maximum absolute atomic E-state index is 14.6. The molecule has 1 saturated carbocycles. The van der Waals surface area contributed by atoms with E-state index in [9.17, 15) is 19.2 Å². The molecule has 2 aliphatic rings. The summed E-state index contributed by atoms with van der Waals surface area (Å²) in [5.74, 6) is 6.50. The van der Waals surface area contributed by atoms with Gasteiger partial charge >= 0.3 is 5.97 Å². The highest BCUT2D eigenvalue weighted by Gasteiger charge is 2.28. The number of halogens is 1. The topological polar surface area (TPSA) is 88.2 Å². The third kappa shape index (κ3) is 6.87. The molecule has 1 aliphatic carbocycles. The van der Waals surface area contributed by atoms with Crippen LogP contribution in [-0.2, 0) is 16.1 Å². The molecule has 0 N–H and O–H groups in total. The molecule has 39 heavy (non-hydrogen) atoms. The first-order valence-corrected chi connectivity index (χ1v) is 13.9. The van der Waals surface area contributed by atoms with Crippen molar-refractivity contribution >= 4 is 11.9 Å². The number of piperidine rings is 1. The summed E-state index contributed by atoms with van der Waals surface area (Å²) in [7, 11) is 0. The molecule has 2 aromatic rings. The van der Waals surface area contributed by atoms with Crippen molar-refractivity contribution < 1.29 is 13.9 Å². The predicted molar refractivity (Wildman–Crippen MR) is 149 cm³/mol. The van der Waals surface area contributed by atoms with Gasteiger partial charge in [-0.1, -0.05) is 30.7 Å². The minimum absolute atomic E-state index is 0.0634. The lowest BCUT2D eigenvalue weighted by Gasteiger charge is -2.34. The van der Waals surface area contributed by atoms with Crippen LogP contribution in [0.4, 0.5) is 10.3 Å². The second-order valence-corrected chi connectivity index (χ2v) is 11.5. The van der Waals surface area contributed by atoms with Crippen LogP contribution in [0.15, 0.2) is 23.0 Å². The van der Waals surface area contributed by atoms with E-state index in [1.165, 1.54) is 12.1 Å². The highest BCUT2D eigenvalue weighted by atomic mass is 19.1. The van der Waals surface area contributed by atoms with Gasteiger partial charge in [-0.3, -0.25) is 14.2 Å². The number of ether oxygens (including phenoxy) is 1. The molecule has 206 valence electrons. The minimum Gasteiger partial charge on any atom is -0.460 e. The molecule has 1 aliphatic heterocycles. The molecule has 7 nitrogen and oxygen atoms in total. The van der Waals surface area contributed by atoms with Gasteiger partial charge in [0.2, 0.25) is 5.95 Å². The third-order valence-corrected chi connectivity index (χ3v) is 7.36. The Labute approximate surface area is 230 Å². The molecular weight excluding hydrogens is 495 g/mol. The van der Waals surface area contributed by atoms with Crippen LogP contribution in [0.2, 0.25) is 0 Å². The van der Waals surface area contributed by atoms with Gasteiger partial charge in [0.25, 0.3) is 5.56 Å². The largest absolute Gasteiger partial charge is 0.460 e. The third-order valence-electron chi connectivity index (χ3n) is 7.36. The zero-order chi connectivity index (χ0) is 28.2. The van der Waals surface area contributed by atoms with Crippen LogP contribution in [0.5, 0.6) is 0 Å². The van der Waals surface area contributed by atoms with E-state index in [2.05, 4.69) is 16.7 Å². The Kier molecular flexibility index (Phi) is 8.75. The summed E-state index contributed by atoms with van der Waals surface area (Å²) in [5.41, 5.74) is 0.197. The zero-order valence-electron chi connectivity index (χ0n) is 23.3. The van der Waals surface area contributed by atoms with Gasteiger partial charge in [-0.2, -0.15) is 5.26 Å². The minimum atomic E-state index is -0.657. The van der Waals surface area contributed by atoms with Crippen LogP contribution in [-0.4, -0.2) is 34.2 Å². The molecular formula is C31H37FN4O3. The Bertz CT molecular complexity index is 1380. The van der Waals surface area contributed by atoms with E-state index in [1.807, 2.05) is 33.8 Å². The van der Waals surface area contributed by atoms with E-state index in [0.717, 1.165) is 38.5 Å². The molecule has 4 rings (SSSR count). The molecule has 2 heterocycles. The van der Waals surface area contributed by atoms with Crippen LogP contribution < -0.4 is 10.5 Å². The Hall–Kier alpha value is -3.65. The molecule has 0 atom stereocenters. The van der Waals surface area contributed by atoms with E-state index < -0.39 is 11.4 Å². The molecule has 0 unspecified atom stereocenters. The first-order valence-electron chi connectivity index (χ1n) is 13.9. The molecule has 1 aromatic carbocycles. The van der Waals surface area contributed by atoms with E-state index >= 15 is 0 Å². The molecule has 0 spiro atoms. The van der Waals surface area contributed by atoms with Gasteiger partial charge < -0.3 is 9.64 Å². The van der Waals surface area contributed by atoms with Crippen LogP contribution in [0.1, 0.15) is 83.8 Å². The molecule has 8 heteroatoms. The molecule has 2 fully saturated rings. The van der Waals surface area contributed by atoms with Gasteiger partial charge in [-0.15, -0.1) is 0 Å². The highest BCUT2D eigenvalue weighted by Crippen LogP contribution is 2.29. The van der Waals surface area contributed by atoms with Gasteiger partial charge in [0.05, 0.1) is 11.3 Å². The first-order chi connectivity index (χ1) is 18.6. The Balaban J connectivity index is 1.68. The number of nitrogens with zero attached hydrogens (tertiary/aromatic N) is 4. The number of hydrogen-bond acceptors (Lipinski definition) is 6. The normalized spacial score (nSPS) is 16.5. The second-order valence-electron chi connectivity index (χ2n) is 11.5. The number of hydrogen-bond donors (Lipinski definition) is 0. The number of nitriles is 1. The Morgan fingerprint density at radius 2 is 1.87 bits per heavy atom. The number of carbonyl (C=O) groups excluding carboxylic acids is 1. The number of aromatic nitrogens is 2. The van der Waals surface area contributed by atoms with Crippen molar-refractivity contribution in [3.05, 3.63) is 45.5 Å². The number of benzene rings is 1. The lowest BCUT2D eigenvalue weighted by atomic mass is 9.93. The van der Waals surface area contributed by atoms with E-state index in [4.69, 9.17) is 9.72 Å². The summed E-state index contributed by atoms with van der Waals surface area (Å²) in [6.07, 6.45) is 6.19. The van der Waals surface area contributed by atoms with Crippen molar-refractivity contribution in [2.45, 2.75) is 84.8 Å². The van der Waals surface area contributed by atoms with Gasteiger partial charge in [0, 0.05) is 37.5 Å². The van der Waals surface area contributed by atoms with Gasteiger partial charge in [0.15, 0.2) is 0 Å². The zero-order valence-corrected chi connectivity index (χ0v) is 23.3. The van der Waals surface area contributed by atoms with E-state index in [-0.39, 0.29) is 34.5 Å². The fourth-order valence-corrected chi connectivity index (χ4v) is 5.34. The molecule has 1 saturated heterocycles. The average molecular weight is 533 g/mol. The van der Waals surface area contributed by atoms with Crippen molar-refractivity contribution in [2.24, 2.45) is 11.8 Å². The van der Waals surface area contributed by atoms with Crippen molar-refractivity contribution in [3.8, 4) is 29.2 Å². The molecule has 0 radical (unpaired) electrons. The van der Waals surface area contributed by atoms with Gasteiger partial charge in [-0.05, 0) is 71.4 Å². The Morgan fingerprint density at radius 1 is 1.18 bits per heavy atom.